The number of nitrogens with zero attached hydrogens (tertiary/aromatic N) is 4. The van der Waals surface area contributed by atoms with Crippen LogP contribution in [0.15, 0.2) is 65.1 Å². The van der Waals surface area contributed by atoms with Crippen LogP contribution in [0.25, 0.3) is 15.9 Å². The Balaban J connectivity index is 1.22. The van der Waals surface area contributed by atoms with Gasteiger partial charge in [-0.1, -0.05) is 28.9 Å². The highest BCUT2D eigenvalue weighted by Crippen LogP contribution is 2.52. The number of pyridine rings is 1. The highest BCUT2D eigenvalue weighted by atomic mass is 35.5. The van der Waals surface area contributed by atoms with Crippen LogP contribution < -0.4 is 24.4 Å². The van der Waals surface area contributed by atoms with Crippen molar-refractivity contribution in [3.05, 3.63) is 92.7 Å². The van der Waals surface area contributed by atoms with Crippen molar-refractivity contribution in [3.63, 3.8) is 0 Å². The second-order valence-corrected chi connectivity index (χ2v) is 12.7. The Kier molecular flexibility index (Phi) is 9.13. The molecular weight excluding hydrogens is 670 g/mol. The van der Waals surface area contributed by atoms with Gasteiger partial charge in [0.2, 0.25) is 18.3 Å². The zero-order valence-corrected chi connectivity index (χ0v) is 28.7. The van der Waals surface area contributed by atoms with Crippen LogP contribution >= 0.6 is 22.9 Å². The molecule has 5 aromatic rings. The van der Waals surface area contributed by atoms with Gasteiger partial charge in [0.05, 0.1) is 38.4 Å². The first kappa shape index (κ1) is 32.4. The number of hydrogen-bond donors (Lipinski definition) is 1. The number of ether oxygens (including phenoxy) is 5. The number of thiophene rings is 1. The maximum Gasteiger partial charge on any atom is 0.283 e. The lowest BCUT2D eigenvalue weighted by Gasteiger charge is -2.19. The fourth-order valence-corrected chi connectivity index (χ4v) is 7.41. The molecule has 0 unspecified atom stereocenters. The first-order valence-corrected chi connectivity index (χ1v) is 16.5. The summed E-state index contributed by atoms with van der Waals surface area (Å²) in [4.78, 5) is 25.6. The lowest BCUT2D eigenvalue weighted by molar-refractivity contribution is 0.0853. The number of amides is 1. The van der Waals surface area contributed by atoms with Crippen molar-refractivity contribution in [1.82, 2.24) is 15.0 Å². The van der Waals surface area contributed by atoms with E-state index in [2.05, 4.69) is 15.7 Å². The average Bonchev–Trinajstić information content (AvgIpc) is 3.92. The van der Waals surface area contributed by atoms with Gasteiger partial charge in [-0.2, -0.15) is 5.10 Å². The largest absolute Gasteiger partial charge is 0.492 e. The predicted octanol–water partition coefficient (Wildman–Crippen LogP) is 6.44. The normalized spacial score (nSPS) is 15.1. The molecule has 0 bridgehead atoms. The molecule has 252 valence electrons. The van der Waals surface area contributed by atoms with Crippen molar-refractivity contribution in [2.45, 2.75) is 32.5 Å². The van der Waals surface area contributed by atoms with Gasteiger partial charge in [0.15, 0.2) is 11.5 Å². The number of nitrogens with one attached hydrogen (secondary N) is 1. The Morgan fingerprint density at radius 2 is 1.86 bits per heavy atom. The van der Waals surface area contributed by atoms with Crippen LogP contribution in [0.1, 0.15) is 44.0 Å². The van der Waals surface area contributed by atoms with E-state index in [9.17, 15) is 4.79 Å². The van der Waals surface area contributed by atoms with E-state index >= 15 is 0 Å². The molecule has 1 N–H and O–H groups in total. The number of benzene rings is 2. The number of halogens is 1. The Morgan fingerprint density at radius 1 is 1.12 bits per heavy atom. The third kappa shape index (κ3) is 6.16. The van der Waals surface area contributed by atoms with Crippen LogP contribution in [0.3, 0.4) is 0 Å². The van der Waals surface area contributed by atoms with E-state index in [1.807, 2.05) is 66.3 Å². The molecule has 2 aromatic carbocycles. The van der Waals surface area contributed by atoms with Crippen molar-refractivity contribution < 1.29 is 33.3 Å². The lowest BCUT2D eigenvalue weighted by Crippen LogP contribution is -2.19. The van der Waals surface area contributed by atoms with Crippen molar-refractivity contribution >= 4 is 51.0 Å². The van der Waals surface area contributed by atoms with E-state index in [0.29, 0.717) is 69.2 Å². The maximum atomic E-state index is 13.9. The second-order valence-electron chi connectivity index (χ2n) is 11.3. The van der Waals surface area contributed by atoms with Gasteiger partial charge in [-0.15, -0.1) is 11.3 Å². The van der Waals surface area contributed by atoms with Gasteiger partial charge < -0.3 is 33.1 Å². The third-order valence-electron chi connectivity index (χ3n) is 8.19. The van der Waals surface area contributed by atoms with Crippen molar-refractivity contribution in [2.75, 3.05) is 28.1 Å². The van der Waals surface area contributed by atoms with Gasteiger partial charge in [-0.05, 0) is 48.4 Å². The summed E-state index contributed by atoms with van der Waals surface area (Å²) in [6, 6.07) is 13.2. The van der Waals surface area contributed by atoms with Crippen LogP contribution in [-0.2, 0) is 22.6 Å². The molecule has 0 fully saturated rings. The minimum Gasteiger partial charge on any atom is -0.492 e. The zero-order valence-electron chi connectivity index (χ0n) is 27.1. The molecule has 0 spiro atoms. The fourth-order valence-electron chi connectivity index (χ4n) is 6.13. The molecule has 1 amide bonds. The smallest absolute Gasteiger partial charge is 0.283 e. The van der Waals surface area contributed by atoms with E-state index in [1.165, 1.54) is 24.7 Å². The number of oxime groups is 1. The van der Waals surface area contributed by atoms with Crippen molar-refractivity contribution in [3.8, 4) is 28.7 Å². The number of aryl methyl sites for hydroxylation is 1. The van der Waals surface area contributed by atoms with Gasteiger partial charge in [0.25, 0.3) is 5.91 Å². The number of methoxy groups -OCH3 is 3. The number of carbonyl (C=O) groups excluding carboxylic acids is 1. The quantitative estimate of drug-likeness (QED) is 0.123. The molecule has 2 aliphatic heterocycles. The van der Waals surface area contributed by atoms with E-state index < -0.39 is 5.91 Å². The zero-order chi connectivity index (χ0) is 34.1. The summed E-state index contributed by atoms with van der Waals surface area (Å²) < 4.78 is 30.7. The molecule has 5 heterocycles. The summed E-state index contributed by atoms with van der Waals surface area (Å²) in [5.41, 5.74) is 8.15. The fraction of sp³-hybridized carbons (Fsp3) is 0.257. The molecule has 1 atom stereocenters. The van der Waals surface area contributed by atoms with Gasteiger partial charge in [0.1, 0.15) is 15.8 Å². The third-order valence-corrected chi connectivity index (χ3v) is 9.52. The molecule has 7 rings (SSSR count). The molecule has 0 saturated heterocycles. The van der Waals surface area contributed by atoms with Crippen LogP contribution in [0.2, 0.25) is 5.02 Å². The number of hydrogen-bond acceptors (Lipinski definition) is 11. The highest BCUT2D eigenvalue weighted by molar-refractivity contribution is 7.21. The molecule has 3 aromatic heterocycles. The topological polar surface area (TPSA) is 127 Å². The Hall–Kier alpha value is -5.11. The maximum absolute atomic E-state index is 13.9. The minimum atomic E-state index is -0.405. The van der Waals surface area contributed by atoms with Crippen LogP contribution in [-0.4, -0.2) is 61.6 Å². The molecular formula is C35H32ClN5O7S. The van der Waals surface area contributed by atoms with E-state index in [4.69, 9.17) is 45.1 Å². The standard InChI is InChI=1S/C35H32ClN5O7S/c1-19-13-21(17-43-2)27-28(41-11-5-6-12-41)33(49-35(27)38-19)34(42)39-37-16-25-24(29(44-3)31-32(30(25)45-4)47-18-46-31)14-23-15-26(40-48-23)20-7-9-22(36)10-8-20/h5-13,16,23H,14-15,17-18H2,1-4H3,(H,39,42)/b37-16-/t23-/m0/s1. The summed E-state index contributed by atoms with van der Waals surface area (Å²) in [6.07, 6.45) is 5.89. The van der Waals surface area contributed by atoms with Gasteiger partial charge >= 0.3 is 0 Å². The number of rotatable bonds is 11. The summed E-state index contributed by atoms with van der Waals surface area (Å²) >= 11 is 7.38. The number of aromatic nitrogens is 2. The van der Waals surface area contributed by atoms with Crippen molar-refractivity contribution in [1.29, 1.82) is 0 Å². The number of hydrazone groups is 1. The Morgan fingerprint density at radius 3 is 2.57 bits per heavy atom. The Labute approximate surface area is 290 Å². The lowest BCUT2D eigenvalue weighted by atomic mass is 9.95. The summed E-state index contributed by atoms with van der Waals surface area (Å²) in [5.74, 6) is 1.24. The van der Waals surface area contributed by atoms with Crippen molar-refractivity contribution in [2.24, 2.45) is 10.3 Å². The summed E-state index contributed by atoms with van der Waals surface area (Å²) in [7, 11) is 4.73. The molecule has 12 nitrogen and oxygen atoms in total. The minimum absolute atomic E-state index is 0.00471. The van der Waals surface area contributed by atoms with Crippen LogP contribution in [0, 0.1) is 6.92 Å². The summed E-state index contributed by atoms with van der Waals surface area (Å²) in [6.45, 7) is 2.29. The van der Waals surface area contributed by atoms with Gasteiger partial charge in [-0.25, -0.2) is 10.4 Å². The number of fused-ring (bicyclic) bond motifs is 2. The first-order chi connectivity index (χ1) is 23.9. The number of carbonyl (C=O) groups is 1. The molecule has 49 heavy (non-hydrogen) atoms. The molecule has 2 aliphatic rings. The molecule has 0 radical (unpaired) electrons. The first-order valence-electron chi connectivity index (χ1n) is 15.3. The summed E-state index contributed by atoms with van der Waals surface area (Å²) in [5, 5.41) is 10.3. The molecule has 0 saturated carbocycles. The molecule has 14 heteroatoms. The van der Waals surface area contributed by atoms with Crippen LogP contribution in [0.5, 0.6) is 23.0 Å². The van der Waals surface area contributed by atoms with E-state index in [-0.39, 0.29) is 12.9 Å². The monoisotopic (exact) mass is 701 g/mol. The SMILES string of the molecule is COCc1cc(C)nc2sc(C(=O)N/N=C\c3c(C[C@H]4CC(c5ccc(Cl)cc5)=NO4)c(OC)c4c(c3OC)OCO4)c(-n3cccc3)c12. The predicted molar refractivity (Wildman–Crippen MR) is 186 cm³/mol. The average molecular weight is 702 g/mol. The second kappa shape index (κ2) is 13.8. The highest BCUT2D eigenvalue weighted by Gasteiger charge is 2.34. The molecule has 0 aliphatic carbocycles. The van der Waals surface area contributed by atoms with E-state index in [1.54, 1.807) is 14.2 Å². The van der Waals surface area contributed by atoms with Crippen LogP contribution in [0.4, 0.5) is 0 Å². The van der Waals surface area contributed by atoms with Gasteiger partial charge in [-0.3, -0.25) is 4.79 Å². The van der Waals surface area contributed by atoms with E-state index in [0.717, 1.165) is 32.7 Å². The van der Waals surface area contributed by atoms with Gasteiger partial charge in [0, 0.05) is 59.6 Å². The Bertz CT molecular complexity index is 2090.